The van der Waals surface area contributed by atoms with Crippen LogP contribution in [0.15, 0.2) is 60.7 Å². The molecule has 3 aromatic carbocycles. The average Bonchev–Trinajstić information content (AvgIpc) is 2.82. The first-order valence-electron chi connectivity index (χ1n) is 11.7. The first-order chi connectivity index (χ1) is 18.2. The van der Waals surface area contributed by atoms with Gasteiger partial charge in [0.15, 0.2) is 17.7 Å². The Labute approximate surface area is 239 Å². The molecule has 206 valence electrons. The number of carbonyl (C=O) groups is 3. The van der Waals surface area contributed by atoms with Crippen molar-refractivity contribution >= 4 is 52.6 Å². The number of nitrogens with one attached hydrogen (secondary N) is 1. The maximum Gasteiger partial charge on any atom is 0.329 e. The largest absolute Gasteiger partial charge is 0.481 e. The van der Waals surface area contributed by atoms with Gasteiger partial charge in [-0.15, -0.1) is 0 Å². The smallest absolute Gasteiger partial charge is 0.329 e. The molecule has 1 amide bonds. The minimum Gasteiger partial charge on any atom is -0.481 e. The Kier molecular flexibility index (Phi) is 9.83. The van der Waals surface area contributed by atoms with Crippen LogP contribution in [0.4, 0.5) is 4.39 Å². The van der Waals surface area contributed by atoms with Crippen LogP contribution < -0.4 is 10.1 Å². The summed E-state index contributed by atoms with van der Waals surface area (Å²) in [4.78, 5) is 36.4. The minimum atomic E-state index is -1.48. The van der Waals surface area contributed by atoms with E-state index in [1.54, 1.807) is 57.2 Å². The van der Waals surface area contributed by atoms with Crippen LogP contribution in [0.5, 0.6) is 5.75 Å². The van der Waals surface area contributed by atoms with Crippen molar-refractivity contribution < 1.29 is 33.4 Å². The van der Waals surface area contributed by atoms with E-state index in [-0.39, 0.29) is 11.3 Å². The zero-order valence-corrected chi connectivity index (χ0v) is 23.4. The van der Waals surface area contributed by atoms with Crippen LogP contribution in [-0.4, -0.2) is 34.6 Å². The molecular weight excluding hydrogens is 572 g/mol. The molecule has 3 rings (SSSR count). The third-order valence-corrected chi connectivity index (χ3v) is 6.05. The summed E-state index contributed by atoms with van der Waals surface area (Å²) in [6.07, 6.45) is -1.57. The molecule has 0 fully saturated rings. The summed E-state index contributed by atoms with van der Waals surface area (Å²) in [5, 5.41) is 12.7. The van der Waals surface area contributed by atoms with Crippen molar-refractivity contribution in [2.45, 2.75) is 44.9 Å². The standard InChI is InChI=1S/C28H25Cl3FNO6/c1-28(2,3)39-27(37)22(14-24(34)35)33-26(36)16-6-11-23(21(32)12-16)38-25(15-4-7-17(29)8-5-15)19-10-9-18(30)13-20(19)31/h4-13,22,25H,14H2,1-3H3,(H,33,36)(H,34,35)/t22-,25?/m1/s1. The molecule has 2 N–H and O–H groups in total. The van der Waals surface area contributed by atoms with E-state index in [1.807, 2.05) is 0 Å². The van der Waals surface area contributed by atoms with Gasteiger partial charge in [-0.05, 0) is 68.8 Å². The number of amides is 1. The Morgan fingerprint density at radius 1 is 0.949 bits per heavy atom. The van der Waals surface area contributed by atoms with Gasteiger partial charge in [0, 0.05) is 26.2 Å². The van der Waals surface area contributed by atoms with Gasteiger partial charge in [-0.1, -0.05) is 53.0 Å². The lowest BCUT2D eigenvalue weighted by atomic mass is 10.0. The van der Waals surface area contributed by atoms with E-state index in [1.165, 1.54) is 18.2 Å². The van der Waals surface area contributed by atoms with E-state index in [0.717, 1.165) is 6.07 Å². The summed E-state index contributed by atoms with van der Waals surface area (Å²) in [7, 11) is 0. The number of aliphatic carboxylic acids is 1. The summed E-state index contributed by atoms with van der Waals surface area (Å²) in [5.74, 6) is -4.18. The van der Waals surface area contributed by atoms with Crippen molar-refractivity contribution in [3.8, 4) is 5.75 Å². The second kappa shape index (κ2) is 12.7. The number of carboxylic acid groups (broad SMARTS) is 1. The van der Waals surface area contributed by atoms with E-state index < -0.39 is 47.8 Å². The lowest BCUT2D eigenvalue weighted by Crippen LogP contribution is -2.45. The number of hydrogen-bond donors (Lipinski definition) is 2. The Morgan fingerprint density at radius 2 is 1.59 bits per heavy atom. The zero-order valence-electron chi connectivity index (χ0n) is 21.1. The fourth-order valence-electron chi connectivity index (χ4n) is 3.51. The van der Waals surface area contributed by atoms with Gasteiger partial charge in [-0.2, -0.15) is 0 Å². The molecule has 0 aliphatic heterocycles. The number of ether oxygens (including phenoxy) is 2. The number of carboxylic acids is 1. The molecule has 39 heavy (non-hydrogen) atoms. The van der Waals surface area contributed by atoms with Crippen molar-refractivity contribution in [2.24, 2.45) is 0 Å². The van der Waals surface area contributed by atoms with Gasteiger partial charge >= 0.3 is 11.9 Å². The summed E-state index contributed by atoms with van der Waals surface area (Å²) in [6, 6.07) is 13.5. The van der Waals surface area contributed by atoms with Crippen LogP contribution in [0.2, 0.25) is 15.1 Å². The van der Waals surface area contributed by atoms with Crippen molar-refractivity contribution in [1.82, 2.24) is 5.32 Å². The lowest BCUT2D eigenvalue weighted by Gasteiger charge is -2.24. The molecule has 0 saturated heterocycles. The number of hydrogen-bond acceptors (Lipinski definition) is 5. The highest BCUT2D eigenvalue weighted by Gasteiger charge is 2.29. The van der Waals surface area contributed by atoms with Gasteiger partial charge in [0.25, 0.3) is 5.91 Å². The summed E-state index contributed by atoms with van der Waals surface area (Å²) in [6.45, 7) is 4.81. The van der Waals surface area contributed by atoms with E-state index in [4.69, 9.17) is 49.4 Å². The molecule has 0 saturated carbocycles. The highest BCUT2D eigenvalue weighted by molar-refractivity contribution is 6.35. The molecule has 0 bridgehead atoms. The molecule has 0 aliphatic carbocycles. The summed E-state index contributed by atoms with van der Waals surface area (Å²) >= 11 is 18.5. The van der Waals surface area contributed by atoms with Gasteiger partial charge in [-0.25, -0.2) is 9.18 Å². The third kappa shape index (κ3) is 8.58. The number of benzene rings is 3. The van der Waals surface area contributed by atoms with Gasteiger partial charge in [-0.3, -0.25) is 9.59 Å². The molecule has 0 heterocycles. The monoisotopic (exact) mass is 595 g/mol. The Hall–Kier alpha value is -3.33. The molecule has 0 spiro atoms. The van der Waals surface area contributed by atoms with Crippen LogP contribution in [0.25, 0.3) is 0 Å². The number of halogens is 4. The maximum absolute atomic E-state index is 15.2. The van der Waals surface area contributed by atoms with Gasteiger partial charge < -0.3 is 19.9 Å². The number of esters is 1. The second-order valence-corrected chi connectivity index (χ2v) is 10.8. The second-order valence-electron chi connectivity index (χ2n) is 9.52. The van der Waals surface area contributed by atoms with Crippen molar-refractivity contribution in [2.75, 3.05) is 0 Å². The topological polar surface area (TPSA) is 102 Å². The van der Waals surface area contributed by atoms with Crippen LogP contribution in [0.3, 0.4) is 0 Å². The molecule has 11 heteroatoms. The number of rotatable bonds is 9. The third-order valence-electron chi connectivity index (χ3n) is 5.23. The van der Waals surface area contributed by atoms with Gasteiger partial charge in [0.2, 0.25) is 0 Å². The normalized spacial score (nSPS) is 12.8. The van der Waals surface area contributed by atoms with E-state index in [0.29, 0.717) is 26.2 Å². The van der Waals surface area contributed by atoms with Crippen LogP contribution in [0.1, 0.15) is 54.8 Å². The zero-order chi connectivity index (χ0) is 28.9. The average molecular weight is 597 g/mol. The van der Waals surface area contributed by atoms with Crippen LogP contribution in [-0.2, 0) is 14.3 Å². The van der Waals surface area contributed by atoms with E-state index in [9.17, 15) is 14.4 Å². The first kappa shape index (κ1) is 30.2. The molecular formula is C28H25Cl3FNO6. The van der Waals surface area contributed by atoms with Crippen LogP contribution in [0, 0.1) is 5.82 Å². The summed E-state index contributed by atoms with van der Waals surface area (Å²) in [5.41, 5.74) is 0.0700. The molecule has 0 aromatic heterocycles. The van der Waals surface area contributed by atoms with Crippen molar-refractivity contribution in [3.05, 3.63) is 98.2 Å². The number of carbonyl (C=O) groups excluding carboxylic acids is 2. The van der Waals surface area contributed by atoms with Crippen molar-refractivity contribution in [3.63, 3.8) is 0 Å². The molecule has 0 radical (unpaired) electrons. The predicted molar refractivity (Wildman–Crippen MR) is 146 cm³/mol. The molecule has 1 unspecified atom stereocenters. The van der Waals surface area contributed by atoms with Gasteiger partial charge in [0.1, 0.15) is 11.6 Å². The minimum absolute atomic E-state index is 0.161. The Bertz CT molecular complexity index is 1370. The fourth-order valence-corrected chi connectivity index (χ4v) is 4.14. The molecule has 2 atom stereocenters. The lowest BCUT2D eigenvalue weighted by molar-refractivity contribution is -0.159. The Balaban J connectivity index is 1.87. The quantitative estimate of drug-likeness (QED) is 0.262. The predicted octanol–water partition coefficient (Wildman–Crippen LogP) is 6.87. The highest BCUT2D eigenvalue weighted by Crippen LogP contribution is 2.35. The highest BCUT2D eigenvalue weighted by atomic mass is 35.5. The van der Waals surface area contributed by atoms with E-state index >= 15 is 4.39 Å². The molecule has 7 nitrogen and oxygen atoms in total. The Morgan fingerprint density at radius 3 is 2.15 bits per heavy atom. The van der Waals surface area contributed by atoms with Crippen LogP contribution >= 0.6 is 34.8 Å². The molecule has 3 aromatic rings. The van der Waals surface area contributed by atoms with Crippen molar-refractivity contribution in [1.29, 1.82) is 0 Å². The fraction of sp³-hybridized carbons (Fsp3) is 0.250. The van der Waals surface area contributed by atoms with E-state index in [2.05, 4.69) is 5.32 Å². The summed E-state index contributed by atoms with van der Waals surface area (Å²) < 4.78 is 26.4. The maximum atomic E-state index is 15.2. The molecule has 0 aliphatic rings. The SMILES string of the molecule is CC(C)(C)OC(=O)[C@@H](CC(=O)O)NC(=O)c1ccc(OC(c2ccc(Cl)cc2)c2ccc(Cl)cc2Cl)c(F)c1. The van der Waals surface area contributed by atoms with Gasteiger partial charge in [0.05, 0.1) is 6.42 Å². The first-order valence-corrected chi connectivity index (χ1v) is 12.8.